The molecule has 0 heterocycles. The molecule has 122 valence electrons. The van der Waals surface area contributed by atoms with E-state index in [2.05, 4.69) is 39.9 Å². The number of hydrogen-bond donors (Lipinski definition) is 2. The van der Waals surface area contributed by atoms with Crippen LogP contribution in [0.1, 0.15) is 12.5 Å². The van der Waals surface area contributed by atoms with Gasteiger partial charge in [0.25, 0.3) is 0 Å². The minimum absolute atomic E-state index is 0.0146. The van der Waals surface area contributed by atoms with Crippen LogP contribution in [0.3, 0.4) is 0 Å². The highest BCUT2D eigenvalue weighted by atomic mass is 16.2. The van der Waals surface area contributed by atoms with Gasteiger partial charge in [-0.15, -0.1) is 0 Å². The second kappa shape index (κ2) is 8.17. The van der Waals surface area contributed by atoms with Gasteiger partial charge in [0.05, 0.1) is 13.1 Å². The van der Waals surface area contributed by atoms with Gasteiger partial charge in [0.2, 0.25) is 5.91 Å². The third-order valence-electron chi connectivity index (χ3n) is 3.54. The number of likely N-dealkylation sites (N-methyl/N-ethyl adjacent to an activating group) is 1. The number of nitrogens with one attached hydrogen (secondary N) is 2. The summed E-state index contributed by atoms with van der Waals surface area (Å²) in [6.07, 6.45) is 0. The maximum absolute atomic E-state index is 11.7. The van der Waals surface area contributed by atoms with E-state index in [4.69, 9.17) is 0 Å². The molecule has 5 nitrogen and oxygen atoms in total. The number of rotatable bonds is 5. The highest BCUT2D eigenvalue weighted by molar-refractivity contribution is 5.87. The second-order valence-corrected chi connectivity index (χ2v) is 5.48. The lowest BCUT2D eigenvalue weighted by atomic mass is 10.1. The molecule has 0 aromatic heterocycles. The molecule has 2 rings (SSSR count). The molecule has 0 atom stereocenters. The first-order valence-corrected chi connectivity index (χ1v) is 7.80. The maximum atomic E-state index is 11.7. The molecule has 0 saturated heterocycles. The van der Waals surface area contributed by atoms with E-state index in [0.717, 1.165) is 6.54 Å². The fraction of sp³-hybridized carbons (Fsp3) is 0.333. The molecule has 0 fully saturated rings. The number of guanidine groups is 1. The van der Waals surface area contributed by atoms with Crippen LogP contribution in [-0.4, -0.2) is 44.0 Å². The lowest BCUT2D eigenvalue weighted by molar-refractivity contribution is -0.127. The van der Waals surface area contributed by atoms with Crippen molar-refractivity contribution >= 4 is 22.6 Å². The summed E-state index contributed by atoms with van der Waals surface area (Å²) in [5.74, 6) is 0.663. The molecule has 0 aliphatic carbocycles. The molecule has 1 amide bonds. The van der Waals surface area contributed by atoms with Crippen LogP contribution < -0.4 is 10.6 Å². The molecule has 0 aliphatic heterocycles. The quantitative estimate of drug-likeness (QED) is 0.656. The van der Waals surface area contributed by atoms with Crippen molar-refractivity contribution in [3.05, 3.63) is 48.0 Å². The monoisotopic (exact) mass is 312 g/mol. The highest BCUT2D eigenvalue weighted by Gasteiger charge is 2.05. The molecular formula is C18H24N4O. The molecule has 2 N–H and O–H groups in total. The smallest absolute Gasteiger partial charge is 0.241 e. The number of amides is 1. The Kier molecular flexibility index (Phi) is 5.97. The first-order valence-electron chi connectivity index (χ1n) is 7.80. The Bertz CT molecular complexity index is 689. The van der Waals surface area contributed by atoms with Gasteiger partial charge in [-0.1, -0.05) is 42.5 Å². The largest absolute Gasteiger partial charge is 0.357 e. The second-order valence-electron chi connectivity index (χ2n) is 5.48. The van der Waals surface area contributed by atoms with E-state index in [1.165, 1.54) is 16.3 Å². The summed E-state index contributed by atoms with van der Waals surface area (Å²) < 4.78 is 0. The number of aliphatic imine (C=N–C) groups is 1. The van der Waals surface area contributed by atoms with Crippen molar-refractivity contribution in [1.29, 1.82) is 0 Å². The van der Waals surface area contributed by atoms with Crippen molar-refractivity contribution in [2.75, 3.05) is 27.2 Å². The van der Waals surface area contributed by atoms with Crippen LogP contribution in [0.15, 0.2) is 47.5 Å². The maximum Gasteiger partial charge on any atom is 0.241 e. The number of hydrogen-bond acceptors (Lipinski definition) is 2. The average molecular weight is 312 g/mol. The van der Waals surface area contributed by atoms with Crippen molar-refractivity contribution in [2.45, 2.75) is 13.5 Å². The fourth-order valence-corrected chi connectivity index (χ4v) is 2.25. The van der Waals surface area contributed by atoms with Gasteiger partial charge < -0.3 is 15.5 Å². The summed E-state index contributed by atoms with van der Waals surface area (Å²) in [5, 5.41) is 8.65. The lowest BCUT2D eigenvalue weighted by Crippen LogP contribution is -2.42. The van der Waals surface area contributed by atoms with Crippen LogP contribution in [0.25, 0.3) is 10.8 Å². The van der Waals surface area contributed by atoms with Gasteiger partial charge in [0.1, 0.15) is 0 Å². The molecule has 0 saturated carbocycles. The first kappa shape index (κ1) is 16.8. The Morgan fingerprint density at radius 1 is 1.09 bits per heavy atom. The van der Waals surface area contributed by atoms with E-state index < -0.39 is 0 Å². The summed E-state index contributed by atoms with van der Waals surface area (Å²) >= 11 is 0. The van der Waals surface area contributed by atoms with Gasteiger partial charge in [-0.25, -0.2) is 4.99 Å². The third-order valence-corrected chi connectivity index (χ3v) is 3.54. The molecule has 0 radical (unpaired) electrons. The first-order chi connectivity index (χ1) is 11.1. The van der Waals surface area contributed by atoms with Crippen molar-refractivity contribution in [1.82, 2.24) is 15.5 Å². The summed E-state index contributed by atoms with van der Waals surface area (Å²) in [6, 6.07) is 14.5. The standard InChI is InChI=1S/C18H24N4O/c1-4-19-18(21-13-17(23)22(2)3)20-12-15-10-7-9-14-8-5-6-11-16(14)15/h5-11H,4,12-13H2,1-3H3,(H2,19,20,21). The molecular weight excluding hydrogens is 288 g/mol. The SMILES string of the molecule is CCNC(=NCc1cccc2ccccc12)NCC(=O)N(C)C. The molecule has 0 unspecified atom stereocenters. The van der Waals surface area contributed by atoms with Gasteiger partial charge in [0, 0.05) is 20.6 Å². The van der Waals surface area contributed by atoms with E-state index in [0.29, 0.717) is 12.5 Å². The topological polar surface area (TPSA) is 56.7 Å². The van der Waals surface area contributed by atoms with Crippen LogP contribution in [-0.2, 0) is 11.3 Å². The van der Waals surface area contributed by atoms with Crippen molar-refractivity contribution in [3.8, 4) is 0 Å². The zero-order valence-corrected chi connectivity index (χ0v) is 14.0. The minimum atomic E-state index is 0.0146. The molecule has 0 aliphatic rings. The number of nitrogens with zero attached hydrogens (tertiary/aromatic N) is 2. The average Bonchev–Trinajstić information content (AvgIpc) is 2.56. The zero-order valence-electron chi connectivity index (χ0n) is 14.0. The molecule has 23 heavy (non-hydrogen) atoms. The number of carbonyl (C=O) groups excluding carboxylic acids is 1. The summed E-state index contributed by atoms with van der Waals surface area (Å²) in [6.45, 7) is 3.54. The van der Waals surface area contributed by atoms with E-state index >= 15 is 0 Å². The van der Waals surface area contributed by atoms with Gasteiger partial charge in [-0.3, -0.25) is 4.79 Å². The number of carbonyl (C=O) groups is 1. The Hall–Kier alpha value is -2.56. The van der Waals surface area contributed by atoms with Gasteiger partial charge in [-0.05, 0) is 23.3 Å². The zero-order chi connectivity index (χ0) is 16.7. The Labute approximate surface area is 137 Å². The van der Waals surface area contributed by atoms with Crippen LogP contribution >= 0.6 is 0 Å². The fourth-order valence-electron chi connectivity index (χ4n) is 2.25. The number of fused-ring (bicyclic) bond motifs is 1. The molecule has 5 heteroatoms. The van der Waals surface area contributed by atoms with E-state index in [1.54, 1.807) is 19.0 Å². The van der Waals surface area contributed by atoms with Crippen molar-refractivity contribution in [3.63, 3.8) is 0 Å². The van der Waals surface area contributed by atoms with E-state index in [1.807, 2.05) is 25.1 Å². The molecule has 2 aromatic rings. The predicted molar refractivity (Wildman–Crippen MR) is 95.5 cm³/mol. The highest BCUT2D eigenvalue weighted by Crippen LogP contribution is 2.18. The van der Waals surface area contributed by atoms with E-state index in [9.17, 15) is 4.79 Å². The number of benzene rings is 2. The Balaban J connectivity index is 2.11. The van der Waals surface area contributed by atoms with Gasteiger partial charge in [0.15, 0.2) is 5.96 Å². The van der Waals surface area contributed by atoms with Gasteiger partial charge in [-0.2, -0.15) is 0 Å². The van der Waals surface area contributed by atoms with E-state index in [-0.39, 0.29) is 12.5 Å². The Morgan fingerprint density at radius 3 is 2.57 bits per heavy atom. The summed E-state index contributed by atoms with van der Waals surface area (Å²) in [5.41, 5.74) is 1.17. The summed E-state index contributed by atoms with van der Waals surface area (Å²) in [7, 11) is 3.48. The van der Waals surface area contributed by atoms with Crippen LogP contribution in [0.4, 0.5) is 0 Å². The van der Waals surface area contributed by atoms with Crippen LogP contribution in [0.5, 0.6) is 0 Å². The minimum Gasteiger partial charge on any atom is -0.357 e. The predicted octanol–water partition coefficient (Wildman–Crippen LogP) is 1.98. The molecule has 2 aromatic carbocycles. The van der Waals surface area contributed by atoms with Crippen LogP contribution in [0, 0.1) is 0 Å². The Morgan fingerprint density at radius 2 is 1.83 bits per heavy atom. The normalized spacial score (nSPS) is 11.3. The van der Waals surface area contributed by atoms with Gasteiger partial charge >= 0.3 is 0 Å². The lowest BCUT2D eigenvalue weighted by Gasteiger charge is -2.14. The molecule has 0 spiro atoms. The molecule has 0 bridgehead atoms. The van der Waals surface area contributed by atoms with Crippen molar-refractivity contribution in [2.24, 2.45) is 4.99 Å². The summed E-state index contributed by atoms with van der Waals surface area (Å²) in [4.78, 5) is 17.8. The third kappa shape index (κ3) is 4.71. The van der Waals surface area contributed by atoms with Crippen LogP contribution in [0.2, 0.25) is 0 Å². The van der Waals surface area contributed by atoms with Crippen molar-refractivity contribution < 1.29 is 4.79 Å².